The average Bonchev–Trinajstić information content (AvgIpc) is 2.62. The molecule has 0 unspecified atom stereocenters. The SMILES string of the molecule is CNc1cc(C(=O)NC2CC(c3cc(NCCO)ncn3)C2)ccn1. The van der Waals surface area contributed by atoms with Crippen LogP contribution in [0, 0.1) is 0 Å². The van der Waals surface area contributed by atoms with Crippen molar-refractivity contribution in [1.29, 1.82) is 0 Å². The third-order valence-electron chi connectivity index (χ3n) is 4.28. The molecule has 4 N–H and O–H groups in total. The van der Waals surface area contributed by atoms with Crippen LogP contribution < -0.4 is 16.0 Å². The van der Waals surface area contributed by atoms with Gasteiger partial charge in [-0.3, -0.25) is 4.79 Å². The summed E-state index contributed by atoms with van der Waals surface area (Å²) in [7, 11) is 1.77. The summed E-state index contributed by atoms with van der Waals surface area (Å²) >= 11 is 0. The number of amides is 1. The van der Waals surface area contributed by atoms with E-state index >= 15 is 0 Å². The van der Waals surface area contributed by atoms with Gasteiger partial charge in [-0.15, -0.1) is 0 Å². The van der Waals surface area contributed by atoms with E-state index in [2.05, 4.69) is 30.9 Å². The van der Waals surface area contributed by atoms with Crippen molar-refractivity contribution in [3.8, 4) is 0 Å². The van der Waals surface area contributed by atoms with Crippen LogP contribution in [0.4, 0.5) is 11.6 Å². The smallest absolute Gasteiger partial charge is 0.251 e. The molecule has 0 saturated heterocycles. The second-order valence-corrected chi connectivity index (χ2v) is 6.00. The second-order valence-electron chi connectivity index (χ2n) is 6.00. The van der Waals surface area contributed by atoms with E-state index in [1.807, 2.05) is 6.07 Å². The van der Waals surface area contributed by atoms with E-state index in [1.165, 1.54) is 6.33 Å². The monoisotopic (exact) mass is 342 g/mol. The maximum atomic E-state index is 12.3. The highest BCUT2D eigenvalue weighted by atomic mass is 16.3. The lowest BCUT2D eigenvalue weighted by Crippen LogP contribution is -2.43. The molecule has 1 aliphatic rings. The van der Waals surface area contributed by atoms with E-state index in [1.54, 1.807) is 25.4 Å². The van der Waals surface area contributed by atoms with Gasteiger partial charge in [0.1, 0.15) is 18.0 Å². The molecule has 0 radical (unpaired) electrons. The first-order chi connectivity index (χ1) is 12.2. The van der Waals surface area contributed by atoms with Gasteiger partial charge in [0.15, 0.2) is 0 Å². The van der Waals surface area contributed by atoms with Gasteiger partial charge in [-0.25, -0.2) is 15.0 Å². The fourth-order valence-corrected chi connectivity index (χ4v) is 2.83. The maximum Gasteiger partial charge on any atom is 0.251 e. The molecule has 0 atom stereocenters. The highest BCUT2D eigenvalue weighted by Crippen LogP contribution is 2.36. The van der Waals surface area contributed by atoms with Crippen LogP contribution in [0.25, 0.3) is 0 Å². The molecule has 0 aromatic carbocycles. The highest BCUT2D eigenvalue weighted by Gasteiger charge is 2.32. The van der Waals surface area contributed by atoms with Crippen molar-refractivity contribution in [3.05, 3.63) is 42.0 Å². The van der Waals surface area contributed by atoms with Crippen molar-refractivity contribution < 1.29 is 9.90 Å². The number of aromatic nitrogens is 3. The molecule has 0 aliphatic heterocycles. The summed E-state index contributed by atoms with van der Waals surface area (Å²) in [6.07, 6.45) is 4.85. The zero-order valence-electron chi connectivity index (χ0n) is 14.1. The number of hydrogen-bond acceptors (Lipinski definition) is 7. The topological polar surface area (TPSA) is 112 Å². The van der Waals surface area contributed by atoms with Crippen molar-refractivity contribution in [1.82, 2.24) is 20.3 Å². The van der Waals surface area contributed by atoms with Gasteiger partial charge < -0.3 is 21.1 Å². The number of nitrogens with zero attached hydrogens (tertiary/aromatic N) is 3. The molecule has 8 nitrogen and oxygen atoms in total. The van der Waals surface area contributed by atoms with Crippen LogP contribution in [-0.2, 0) is 0 Å². The van der Waals surface area contributed by atoms with Crippen LogP contribution >= 0.6 is 0 Å². The van der Waals surface area contributed by atoms with E-state index in [9.17, 15) is 4.79 Å². The van der Waals surface area contributed by atoms with Gasteiger partial charge in [0.2, 0.25) is 0 Å². The summed E-state index contributed by atoms with van der Waals surface area (Å²) in [4.78, 5) is 24.9. The molecule has 8 heteroatoms. The molecule has 3 rings (SSSR count). The Morgan fingerprint density at radius 3 is 2.84 bits per heavy atom. The third kappa shape index (κ3) is 4.21. The number of aliphatic hydroxyl groups is 1. The van der Waals surface area contributed by atoms with Gasteiger partial charge in [-0.2, -0.15) is 0 Å². The zero-order valence-corrected chi connectivity index (χ0v) is 14.1. The number of aliphatic hydroxyl groups excluding tert-OH is 1. The van der Waals surface area contributed by atoms with Gasteiger partial charge in [-0.05, 0) is 25.0 Å². The van der Waals surface area contributed by atoms with Gasteiger partial charge in [0.25, 0.3) is 5.91 Å². The molecule has 1 aliphatic carbocycles. The Bertz CT molecular complexity index is 733. The van der Waals surface area contributed by atoms with Crippen molar-refractivity contribution in [2.75, 3.05) is 30.8 Å². The van der Waals surface area contributed by atoms with Crippen LogP contribution in [0.2, 0.25) is 0 Å². The minimum atomic E-state index is -0.0876. The van der Waals surface area contributed by atoms with Crippen LogP contribution in [0.1, 0.15) is 34.8 Å². The minimum Gasteiger partial charge on any atom is -0.395 e. The van der Waals surface area contributed by atoms with E-state index in [0.29, 0.717) is 29.7 Å². The molecule has 132 valence electrons. The number of anilines is 2. The van der Waals surface area contributed by atoms with Crippen molar-refractivity contribution in [2.45, 2.75) is 24.8 Å². The lowest BCUT2D eigenvalue weighted by molar-refractivity contribution is 0.0908. The summed E-state index contributed by atoms with van der Waals surface area (Å²) in [6, 6.07) is 5.48. The number of hydrogen-bond donors (Lipinski definition) is 4. The predicted molar refractivity (Wildman–Crippen MR) is 94.6 cm³/mol. The van der Waals surface area contributed by atoms with E-state index < -0.39 is 0 Å². The Labute approximate surface area is 146 Å². The summed E-state index contributed by atoms with van der Waals surface area (Å²) < 4.78 is 0. The molecule has 2 heterocycles. The second kappa shape index (κ2) is 7.89. The Balaban J connectivity index is 1.53. The molecule has 0 spiro atoms. The Morgan fingerprint density at radius 2 is 2.08 bits per heavy atom. The first-order valence-corrected chi connectivity index (χ1v) is 8.31. The fourth-order valence-electron chi connectivity index (χ4n) is 2.83. The van der Waals surface area contributed by atoms with E-state index in [0.717, 1.165) is 18.5 Å². The summed E-state index contributed by atoms with van der Waals surface area (Å²) in [5, 5.41) is 17.9. The Morgan fingerprint density at radius 1 is 1.24 bits per heavy atom. The van der Waals surface area contributed by atoms with Crippen LogP contribution in [0.15, 0.2) is 30.7 Å². The number of carbonyl (C=O) groups excluding carboxylic acids is 1. The number of carbonyl (C=O) groups is 1. The van der Waals surface area contributed by atoms with Crippen molar-refractivity contribution >= 4 is 17.5 Å². The van der Waals surface area contributed by atoms with Gasteiger partial charge >= 0.3 is 0 Å². The van der Waals surface area contributed by atoms with Crippen LogP contribution in [-0.4, -0.2) is 52.2 Å². The van der Waals surface area contributed by atoms with Crippen LogP contribution in [0.5, 0.6) is 0 Å². The standard InChI is InChI=1S/C17H22N6O2/c1-18-15-8-11(2-3-19-15)17(25)23-13-6-12(7-13)14-9-16(20-4-5-24)22-10-21-14/h2-3,8-10,12-13,24H,4-7H2,1H3,(H,18,19)(H,23,25)(H,20,21,22). The van der Waals surface area contributed by atoms with E-state index in [-0.39, 0.29) is 18.6 Å². The zero-order chi connectivity index (χ0) is 17.6. The molecular weight excluding hydrogens is 320 g/mol. The van der Waals surface area contributed by atoms with Gasteiger partial charge in [-0.1, -0.05) is 0 Å². The first kappa shape index (κ1) is 17.1. The maximum absolute atomic E-state index is 12.3. The van der Waals surface area contributed by atoms with Crippen molar-refractivity contribution in [2.24, 2.45) is 0 Å². The molecule has 0 bridgehead atoms. The Hall–Kier alpha value is -2.74. The number of nitrogens with one attached hydrogen (secondary N) is 3. The largest absolute Gasteiger partial charge is 0.395 e. The molecule has 1 fully saturated rings. The highest BCUT2D eigenvalue weighted by molar-refractivity contribution is 5.95. The van der Waals surface area contributed by atoms with E-state index in [4.69, 9.17) is 5.11 Å². The van der Waals surface area contributed by atoms with Crippen LogP contribution in [0.3, 0.4) is 0 Å². The van der Waals surface area contributed by atoms with Gasteiger partial charge in [0.05, 0.1) is 6.61 Å². The summed E-state index contributed by atoms with van der Waals surface area (Å²) in [5.41, 5.74) is 1.56. The normalized spacial score (nSPS) is 19.0. The number of rotatable bonds is 7. The fraction of sp³-hybridized carbons (Fsp3) is 0.412. The predicted octanol–water partition coefficient (Wildman–Crippen LogP) is 0.993. The third-order valence-corrected chi connectivity index (χ3v) is 4.28. The van der Waals surface area contributed by atoms with Gasteiger partial charge in [0, 0.05) is 49.1 Å². The van der Waals surface area contributed by atoms with Crippen molar-refractivity contribution in [3.63, 3.8) is 0 Å². The molecule has 25 heavy (non-hydrogen) atoms. The molecule has 1 amide bonds. The molecule has 2 aromatic rings. The summed E-state index contributed by atoms with van der Waals surface area (Å²) in [6.45, 7) is 0.515. The molecular formula is C17H22N6O2. The first-order valence-electron chi connectivity index (χ1n) is 8.31. The number of pyridine rings is 1. The lowest BCUT2D eigenvalue weighted by atomic mass is 9.78. The quantitative estimate of drug-likeness (QED) is 0.594. The minimum absolute atomic E-state index is 0.0567. The summed E-state index contributed by atoms with van der Waals surface area (Å²) in [5.74, 6) is 1.61. The molecule has 2 aromatic heterocycles. The lowest BCUT2D eigenvalue weighted by Gasteiger charge is -2.35. The molecule has 1 saturated carbocycles. The average molecular weight is 342 g/mol. The Kier molecular flexibility index (Phi) is 5.39.